The third-order valence-corrected chi connectivity index (χ3v) is 7.04. The normalized spacial score (nSPS) is 11.6. The van der Waals surface area contributed by atoms with Gasteiger partial charge in [-0.15, -0.1) is 0 Å². The highest BCUT2D eigenvalue weighted by Crippen LogP contribution is 2.27. The molecule has 7 heteroatoms. The largest absolute Gasteiger partial charge is 0.379 e. The van der Waals surface area contributed by atoms with Gasteiger partial charge < -0.3 is 4.18 Å². The van der Waals surface area contributed by atoms with Crippen molar-refractivity contribution in [3.8, 4) is 22.7 Å². The average molecular weight is 508 g/mol. The maximum Gasteiger partial charge on any atom is 0.339 e. The molecule has 0 aliphatic carbocycles. The summed E-state index contributed by atoms with van der Waals surface area (Å²) in [4.78, 5) is 4.81. The van der Waals surface area contributed by atoms with E-state index in [1.165, 1.54) is 17.7 Å². The van der Waals surface area contributed by atoms with Gasteiger partial charge >= 0.3 is 10.1 Å². The lowest BCUT2D eigenvalue weighted by atomic mass is 10.1. The van der Waals surface area contributed by atoms with Gasteiger partial charge in [-0.3, -0.25) is 0 Å². The van der Waals surface area contributed by atoms with Crippen molar-refractivity contribution in [3.05, 3.63) is 126 Å². The summed E-state index contributed by atoms with van der Waals surface area (Å²) in [6.45, 7) is 3.95. The van der Waals surface area contributed by atoms with E-state index in [9.17, 15) is 8.42 Å². The highest BCUT2D eigenvalue weighted by atomic mass is 32.2. The standard InChI is InChI=1S/C30H25N3O3S/c1-22-8-14-25(15-9-22)29-20-30(33(32-29)26-6-4-3-5-7-26)31-21-24-12-16-27(17-13-24)36-37(34,35)28-18-10-23(2)11-19-28/h3-21H,1-2H3/b31-21+. The van der Waals surface area contributed by atoms with Crippen molar-refractivity contribution >= 4 is 22.2 Å². The van der Waals surface area contributed by atoms with Crippen LogP contribution in [-0.4, -0.2) is 24.4 Å². The molecule has 5 aromatic rings. The molecule has 0 saturated carbocycles. The Bertz CT molecular complexity index is 1640. The second-order valence-corrected chi connectivity index (χ2v) is 10.2. The Morgan fingerprint density at radius 2 is 1.41 bits per heavy atom. The van der Waals surface area contributed by atoms with Crippen LogP contribution in [0.4, 0.5) is 5.82 Å². The molecule has 0 unspecified atom stereocenters. The van der Waals surface area contributed by atoms with Crippen molar-refractivity contribution in [1.82, 2.24) is 9.78 Å². The maximum atomic E-state index is 12.6. The van der Waals surface area contributed by atoms with Crippen LogP contribution in [0, 0.1) is 13.8 Å². The van der Waals surface area contributed by atoms with Crippen molar-refractivity contribution in [2.75, 3.05) is 0 Å². The van der Waals surface area contributed by atoms with Gasteiger partial charge in [0, 0.05) is 17.8 Å². The molecular weight excluding hydrogens is 482 g/mol. The summed E-state index contributed by atoms with van der Waals surface area (Å²) in [5.41, 5.74) is 5.68. The molecule has 184 valence electrons. The van der Waals surface area contributed by atoms with Gasteiger partial charge in [0.25, 0.3) is 0 Å². The molecule has 0 saturated heterocycles. The van der Waals surface area contributed by atoms with Crippen LogP contribution in [0.5, 0.6) is 5.75 Å². The third kappa shape index (κ3) is 5.68. The van der Waals surface area contributed by atoms with Gasteiger partial charge in [-0.2, -0.15) is 13.5 Å². The molecule has 0 bridgehead atoms. The molecule has 0 radical (unpaired) electrons. The van der Waals surface area contributed by atoms with Crippen molar-refractivity contribution < 1.29 is 12.6 Å². The lowest BCUT2D eigenvalue weighted by Gasteiger charge is -2.07. The summed E-state index contributed by atoms with van der Waals surface area (Å²) in [5.74, 6) is 0.901. The minimum absolute atomic E-state index is 0.113. The van der Waals surface area contributed by atoms with Gasteiger partial charge in [0.05, 0.1) is 11.4 Å². The number of hydrogen-bond acceptors (Lipinski definition) is 5. The Balaban J connectivity index is 1.39. The molecule has 1 heterocycles. The highest BCUT2D eigenvalue weighted by molar-refractivity contribution is 7.87. The molecule has 0 N–H and O–H groups in total. The molecule has 6 nitrogen and oxygen atoms in total. The molecule has 4 aromatic carbocycles. The first-order chi connectivity index (χ1) is 17.9. The molecule has 0 amide bonds. The minimum Gasteiger partial charge on any atom is -0.379 e. The third-order valence-electron chi connectivity index (χ3n) is 5.78. The zero-order chi connectivity index (χ0) is 25.8. The Kier molecular flexibility index (Phi) is 6.70. The number of aliphatic imine (C=N–C) groups is 1. The van der Waals surface area contributed by atoms with E-state index < -0.39 is 10.1 Å². The SMILES string of the molecule is Cc1ccc(-c2cc(/N=C/c3ccc(OS(=O)(=O)c4ccc(C)cc4)cc3)n(-c3ccccc3)n2)cc1. The maximum absolute atomic E-state index is 12.6. The van der Waals surface area contributed by atoms with Gasteiger partial charge in [-0.05, 0) is 67.9 Å². The number of hydrogen-bond donors (Lipinski definition) is 0. The van der Waals surface area contributed by atoms with Crippen LogP contribution in [-0.2, 0) is 10.1 Å². The van der Waals surface area contributed by atoms with Gasteiger partial charge in [0.2, 0.25) is 0 Å². The van der Waals surface area contributed by atoms with Crippen LogP contribution < -0.4 is 4.18 Å². The first-order valence-electron chi connectivity index (χ1n) is 11.8. The monoisotopic (exact) mass is 507 g/mol. The van der Waals surface area contributed by atoms with E-state index in [1.54, 1.807) is 47.3 Å². The van der Waals surface area contributed by atoms with E-state index in [0.717, 1.165) is 28.1 Å². The van der Waals surface area contributed by atoms with E-state index in [-0.39, 0.29) is 10.6 Å². The molecule has 0 spiro atoms. The Hall–Kier alpha value is -4.49. The second-order valence-electron chi connectivity index (χ2n) is 8.68. The molecule has 5 rings (SSSR count). The summed E-state index contributed by atoms with van der Waals surface area (Å²) in [6.07, 6.45) is 1.72. The lowest BCUT2D eigenvalue weighted by molar-refractivity contribution is 0.486. The van der Waals surface area contributed by atoms with E-state index >= 15 is 0 Å². The van der Waals surface area contributed by atoms with E-state index in [1.807, 2.05) is 55.5 Å². The van der Waals surface area contributed by atoms with Crippen LogP contribution in [0.15, 0.2) is 119 Å². The molecule has 1 aromatic heterocycles. The first-order valence-corrected chi connectivity index (χ1v) is 13.2. The van der Waals surface area contributed by atoms with E-state index in [2.05, 4.69) is 19.1 Å². The fourth-order valence-electron chi connectivity index (χ4n) is 3.72. The molecule has 37 heavy (non-hydrogen) atoms. The molecule has 0 aliphatic rings. The van der Waals surface area contributed by atoms with Crippen molar-refractivity contribution in [2.24, 2.45) is 4.99 Å². The molecule has 0 aliphatic heterocycles. The number of benzene rings is 4. The molecule has 0 atom stereocenters. The van der Waals surface area contributed by atoms with Gasteiger partial charge in [-0.1, -0.05) is 65.7 Å². The zero-order valence-electron chi connectivity index (χ0n) is 20.4. The van der Waals surface area contributed by atoms with Crippen molar-refractivity contribution in [2.45, 2.75) is 18.7 Å². The predicted molar refractivity (Wildman–Crippen MR) is 146 cm³/mol. The van der Waals surface area contributed by atoms with Crippen molar-refractivity contribution in [3.63, 3.8) is 0 Å². The first kappa shape index (κ1) is 24.2. The fraction of sp³-hybridized carbons (Fsp3) is 0.0667. The minimum atomic E-state index is -3.91. The Morgan fingerprint density at radius 1 is 0.784 bits per heavy atom. The van der Waals surface area contributed by atoms with Crippen LogP contribution in [0.25, 0.3) is 16.9 Å². The van der Waals surface area contributed by atoms with E-state index in [4.69, 9.17) is 14.3 Å². The summed E-state index contributed by atoms with van der Waals surface area (Å²) in [6, 6.07) is 33.3. The predicted octanol–water partition coefficient (Wildman–Crippen LogP) is 6.67. The van der Waals surface area contributed by atoms with Gasteiger partial charge in [-0.25, -0.2) is 9.67 Å². The topological polar surface area (TPSA) is 73.5 Å². The van der Waals surface area contributed by atoms with Crippen LogP contribution in [0.3, 0.4) is 0 Å². The van der Waals surface area contributed by atoms with Crippen LogP contribution in [0.1, 0.15) is 16.7 Å². The fourth-order valence-corrected chi connectivity index (χ4v) is 4.65. The number of rotatable bonds is 7. The van der Waals surface area contributed by atoms with Crippen molar-refractivity contribution in [1.29, 1.82) is 0 Å². The van der Waals surface area contributed by atoms with E-state index in [0.29, 0.717) is 5.82 Å². The Morgan fingerprint density at radius 3 is 2.05 bits per heavy atom. The molecular formula is C30H25N3O3S. The molecule has 0 fully saturated rings. The number of aryl methyl sites for hydroxylation is 2. The smallest absolute Gasteiger partial charge is 0.339 e. The second kappa shape index (κ2) is 10.2. The summed E-state index contributed by atoms with van der Waals surface area (Å²) in [7, 11) is -3.91. The van der Waals surface area contributed by atoms with Gasteiger partial charge in [0.15, 0.2) is 5.82 Å². The van der Waals surface area contributed by atoms with Crippen LogP contribution >= 0.6 is 0 Å². The highest BCUT2D eigenvalue weighted by Gasteiger charge is 2.16. The number of para-hydroxylation sites is 1. The summed E-state index contributed by atoms with van der Waals surface area (Å²) >= 11 is 0. The summed E-state index contributed by atoms with van der Waals surface area (Å²) < 4.78 is 32.2. The lowest BCUT2D eigenvalue weighted by Crippen LogP contribution is -2.09. The zero-order valence-corrected chi connectivity index (χ0v) is 21.3. The van der Waals surface area contributed by atoms with Crippen LogP contribution in [0.2, 0.25) is 0 Å². The quantitative estimate of drug-likeness (QED) is 0.182. The summed E-state index contributed by atoms with van der Waals surface area (Å²) in [5, 5.41) is 4.80. The Labute approximate surface area is 216 Å². The number of nitrogens with zero attached hydrogens (tertiary/aromatic N) is 3. The average Bonchev–Trinajstić information content (AvgIpc) is 3.33. The van der Waals surface area contributed by atoms with Gasteiger partial charge in [0.1, 0.15) is 10.6 Å². The number of aromatic nitrogens is 2.